The molecule has 5 aromatic rings. The minimum Gasteiger partial charge on any atom is -0.508 e. The topological polar surface area (TPSA) is 261 Å². The molecule has 4 atom stereocenters. The van der Waals surface area contributed by atoms with E-state index in [4.69, 9.17) is 17.2 Å². The predicted octanol–water partition coefficient (Wildman–Crippen LogP) is 1.91. The number of para-hydroxylation sites is 1. The monoisotopic (exact) mass is 771 g/mol. The number of aliphatic imine (C=N–C) groups is 1. The average molecular weight is 772 g/mol. The van der Waals surface area contributed by atoms with E-state index < -0.39 is 47.7 Å². The summed E-state index contributed by atoms with van der Waals surface area (Å²) < 4.78 is 0.810. The number of carbonyl (C=O) groups excluding carboxylic acids is 4. The first-order valence-electron chi connectivity index (χ1n) is 17.0. The molecule has 0 aliphatic heterocycles. The smallest absolute Gasteiger partial charge is 0.243 e. The Bertz CT molecular complexity index is 2030. The van der Waals surface area contributed by atoms with E-state index in [0.717, 1.165) is 4.70 Å². The molecule has 54 heavy (non-hydrogen) atoms. The Morgan fingerprint density at radius 1 is 0.759 bits per heavy atom. The van der Waals surface area contributed by atoms with Crippen LogP contribution in [0.2, 0.25) is 0 Å². The molecule has 11 N–H and O–H groups in total. The number of phenolic OH excluding ortho intramolecular Hbond substituents is 2. The molecular formula is C37H41N9O6S2. The largest absolute Gasteiger partial charge is 0.508 e. The molecule has 0 saturated heterocycles. The van der Waals surface area contributed by atoms with Gasteiger partial charge in [0.05, 0.1) is 33.5 Å². The van der Waals surface area contributed by atoms with E-state index in [1.54, 1.807) is 41.2 Å². The third-order valence-corrected chi connectivity index (χ3v) is 10.0. The van der Waals surface area contributed by atoms with Gasteiger partial charge in [-0.3, -0.25) is 24.2 Å². The van der Waals surface area contributed by atoms with Crippen molar-refractivity contribution in [3.63, 3.8) is 0 Å². The van der Waals surface area contributed by atoms with Gasteiger partial charge >= 0.3 is 0 Å². The summed E-state index contributed by atoms with van der Waals surface area (Å²) in [6.45, 7) is 0.217. The lowest BCUT2D eigenvalue weighted by molar-refractivity contribution is -0.132. The first kappa shape index (κ1) is 39.3. The number of aromatic nitrogens is 2. The fraction of sp³-hybridized carbons (Fsp3) is 0.270. The second-order valence-corrected chi connectivity index (χ2v) is 14.3. The zero-order chi connectivity index (χ0) is 38.6. The number of benzene rings is 3. The Morgan fingerprint density at radius 2 is 1.35 bits per heavy atom. The molecule has 0 aliphatic carbocycles. The summed E-state index contributed by atoms with van der Waals surface area (Å²) in [5.41, 5.74) is 21.3. The number of Topliss-reactive ketones (excluding diaryl/α,β-unsaturated/α-hetero) is 1. The lowest BCUT2D eigenvalue weighted by atomic mass is 10.0. The fourth-order valence-corrected chi connectivity index (χ4v) is 7.07. The van der Waals surface area contributed by atoms with Crippen LogP contribution in [0.3, 0.4) is 0 Å². The Morgan fingerprint density at radius 3 is 1.96 bits per heavy atom. The first-order valence-corrected chi connectivity index (χ1v) is 18.8. The van der Waals surface area contributed by atoms with Crippen molar-refractivity contribution in [3.05, 3.63) is 106 Å². The number of hydrogen-bond donors (Lipinski definition) is 8. The van der Waals surface area contributed by atoms with Gasteiger partial charge < -0.3 is 43.4 Å². The second-order valence-electron chi connectivity index (χ2n) is 12.5. The van der Waals surface area contributed by atoms with Crippen LogP contribution in [0, 0.1) is 0 Å². The van der Waals surface area contributed by atoms with Crippen molar-refractivity contribution in [2.45, 2.75) is 56.3 Å². The van der Waals surface area contributed by atoms with E-state index in [-0.39, 0.29) is 54.7 Å². The lowest BCUT2D eigenvalue weighted by Crippen LogP contribution is -2.58. The maximum Gasteiger partial charge on any atom is 0.243 e. The van der Waals surface area contributed by atoms with Crippen LogP contribution in [0.15, 0.2) is 88.7 Å². The summed E-state index contributed by atoms with van der Waals surface area (Å²) in [7, 11) is 0. The number of thiazole rings is 2. The van der Waals surface area contributed by atoms with Gasteiger partial charge in [-0.2, -0.15) is 0 Å². The van der Waals surface area contributed by atoms with Crippen LogP contribution in [-0.2, 0) is 33.6 Å². The number of carbonyl (C=O) groups is 4. The van der Waals surface area contributed by atoms with Gasteiger partial charge in [0.25, 0.3) is 0 Å². The third-order valence-electron chi connectivity index (χ3n) is 8.35. The molecule has 5 rings (SSSR count). The molecule has 3 amide bonds. The van der Waals surface area contributed by atoms with Gasteiger partial charge in [-0.1, -0.05) is 36.4 Å². The van der Waals surface area contributed by atoms with Gasteiger partial charge in [0, 0.05) is 24.8 Å². The summed E-state index contributed by atoms with van der Waals surface area (Å²) in [5, 5.41) is 29.7. The summed E-state index contributed by atoms with van der Waals surface area (Å²) in [5.74, 6) is -2.39. The van der Waals surface area contributed by atoms with Crippen LogP contribution in [0.25, 0.3) is 10.2 Å². The van der Waals surface area contributed by atoms with Crippen LogP contribution in [0.5, 0.6) is 11.5 Å². The normalized spacial score (nSPS) is 13.3. The van der Waals surface area contributed by atoms with Crippen LogP contribution in [0.1, 0.15) is 39.5 Å². The van der Waals surface area contributed by atoms with E-state index in [0.29, 0.717) is 28.8 Å². The average Bonchev–Trinajstić information content (AvgIpc) is 3.84. The van der Waals surface area contributed by atoms with Crippen LogP contribution in [-0.4, -0.2) is 80.4 Å². The van der Waals surface area contributed by atoms with Crippen molar-refractivity contribution < 1.29 is 29.4 Å². The number of amides is 3. The highest BCUT2D eigenvalue weighted by Crippen LogP contribution is 2.23. The quantitative estimate of drug-likeness (QED) is 0.0276. The van der Waals surface area contributed by atoms with E-state index in [9.17, 15) is 29.4 Å². The number of nitrogens with two attached hydrogens (primary N) is 3. The van der Waals surface area contributed by atoms with Gasteiger partial charge in [-0.15, -0.1) is 22.7 Å². The molecule has 3 aromatic carbocycles. The molecule has 0 unspecified atom stereocenters. The van der Waals surface area contributed by atoms with Gasteiger partial charge in [0.2, 0.25) is 23.5 Å². The van der Waals surface area contributed by atoms with E-state index in [1.165, 1.54) is 46.9 Å². The van der Waals surface area contributed by atoms with Gasteiger partial charge in [-0.25, -0.2) is 9.97 Å². The van der Waals surface area contributed by atoms with Crippen LogP contribution in [0.4, 0.5) is 0 Å². The second kappa shape index (κ2) is 18.7. The Labute approximate surface area is 318 Å². The van der Waals surface area contributed by atoms with Crippen molar-refractivity contribution in [3.8, 4) is 11.5 Å². The van der Waals surface area contributed by atoms with Crippen molar-refractivity contribution in [2.24, 2.45) is 22.2 Å². The summed E-state index contributed by atoms with van der Waals surface area (Å²) in [6, 6.07) is 15.2. The van der Waals surface area contributed by atoms with Crippen LogP contribution < -0.4 is 33.2 Å². The van der Waals surface area contributed by atoms with E-state index in [1.807, 2.05) is 18.2 Å². The molecule has 15 nitrogen and oxygen atoms in total. The third kappa shape index (κ3) is 11.3. The molecule has 282 valence electrons. The molecule has 0 spiro atoms. The van der Waals surface area contributed by atoms with Crippen molar-refractivity contribution in [1.82, 2.24) is 25.9 Å². The highest BCUT2D eigenvalue weighted by atomic mass is 32.1. The molecule has 0 fully saturated rings. The highest BCUT2D eigenvalue weighted by molar-refractivity contribution is 7.20. The minimum atomic E-state index is -1.21. The zero-order valence-electron chi connectivity index (χ0n) is 29.1. The van der Waals surface area contributed by atoms with Crippen molar-refractivity contribution in [1.29, 1.82) is 0 Å². The molecule has 0 saturated carbocycles. The maximum atomic E-state index is 14.1. The number of aromatic hydroxyl groups is 2. The van der Waals surface area contributed by atoms with Crippen molar-refractivity contribution in [2.75, 3.05) is 6.54 Å². The highest BCUT2D eigenvalue weighted by Gasteiger charge is 2.32. The standard InChI is InChI=1S/C37H41N9O6S2/c38-26(16-21-7-11-24(47)12-8-21)33(50)44-29(17-22-9-13-25(48)14-10-22)34(51)45-30(18-23-19-53-20-42-23)35(52)43-28(5-3-15-41-37(39)40)32(49)36-46-27-4-1-2-6-31(27)54-36/h1-2,4,6-14,19-20,26,28-30,47-48H,3,5,15-18,38H2,(H,43,52)(H,44,50)(H,45,51)(H4,39,40,41)/t26-,28-,29-,30-/m0/s1. The number of hydrogen-bond acceptors (Lipinski definition) is 12. The zero-order valence-corrected chi connectivity index (χ0v) is 30.7. The SMILES string of the molecule is NC(N)=NCCC[C@H](NC(=O)[C@H](Cc1cscn1)NC(=O)[C@H](Cc1ccc(O)cc1)NC(=O)[C@@H](N)Cc1ccc(O)cc1)C(=O)c1nc2ccccc2s1. The molecule has 17 heteroatoms. The molecule has 0 radical (unpaired) electrons. The lowest BCUT2D eigenvalue weighted by Gasteiger charge is -2.25. The first-order chi connectivity index (χ1) is 25.9. The summed E-state index contributed by atoms with van der Waals surface area (Å²) in [4.78, 5) is 68.2. The predicted molar refractivity (Wildman–Crippen MR) is 207 cm³/mol. The van der Waals surface area contributed by atoms with Crippen molar-refractivity contribution >= 4 is 62.4 Å². The number of fused-ring (bicyclic) bond motifs is 1. The number of guanidine groups is 1. The number of ketones is 1. The van der Waals surface area contributed by atoms with E-state index in [2.05, 4.69) is 30.9 Å². The molecule has 2 heterocycles. The van der Waals surface area contributed by atoms with Gasteiger partial charge in [0.15, 0.2) is 11.0 Å². The maximum absolute atomic E-state index is 14.1. The number of nitrogens with one attached hydrogen (secondary N) is 3. The Hall–Kier alpha value is -5.91. The Kier molecular flexibility index (Phi) is 13.6. The minimum absolute atomic E-state index is 0.00165. The fourth-order valence-electron chi connectivity index (χ4n) is 5.53. The van der Waals surface area contributed by atoms with Gasteiger partial charge in [0.1, 0.15) is 23.6 Å². The number of phenols is 2. The molecule has 2 aromatic heterocycles. The molecule has 0 aliphatic rings. The number of nitrogens with zero attached hydrogens (tertiary/aromatic N) is 3. The summed E-state index contributed by atoms with van der Waals surface area (Å²) in [6.07, 6.45) is 0.637. The molecule has 0 bridgehead atoms. The Balaban J connectivity index is 1.37. The molecular weight excluding hydrogens is 731 g/mol. The van der Waals surface area contributed by atoms with Crippen LogP contribution >= 0.6 is 22.7 Å². The van der Waals surface area contributed by atoms with Gasteiger partial charge in [-0.05, 0) is 66.8 Å². The summed E-state index contributed by atoms with van der Waals surface area (Å²) >= 11 is 2.52. The number of rotatable bonds is 18. The van der Waals surface area contributed by atoms with E-state index >= 15 is 0 Å².